The van der Waals surface area contributed by atoms with Gasteiger partial charge in [0.25, 0.3) is 0 Å². The molecule has 0 spiro atoms. The highest BCUT2D eigenvalue weighted by Crippen LogP contribution is 2.44. The lowest BCUT2D eigenvalue weighted by Gasteiger charge is -2.31. The molecule has 4 rings (SSSR count). The molecular weight excluding hydrogens is 446 g/mol. The summed E-state index contributed by atoms with van der Waals surface area (Å²) in [6.45, 7) is -1.18. The lowest BCUT2D eigenvalue weighted by molar-refractivity contribution is -0.164. The first-order chi connectivity index (χ1) is 16.3. The summed E-state index contributed by atoms with van der Waals surface area (Å²) >= 11 is 0. The van der Waals surface area contributed by atoms with Crippen LogP contribution in [0.25, 0.3) is 11.1 Å². The molecule has 2 aliphatic rings. The van der Waals surface area contributed by atoms with Gasteiger partial charge in [0.15, 0.2) is 0 Å². The summed E-state index contributed by atoms with van der Waals surface area (Å²) in [6.07, 6.45) is 1.69. The zero-order chi connectivity index (χ0) is 24.3. The van der Waals surface area contributed by atoms with Gasteiger partial charge in [-0.25, -0.2) is 9.59 Å². The molecule has 2 aliphatic carbocycles. The zero-order valence-electron chi connectivity index (χ0n) is 18.4. The molecule has 180 valence electrons. The number of benzene rings is 2. The van der Waals surface area contributed by atoms with E-state index in [1.165, 1.54) is 0 Å². The molecule has 0 saturated heterocycles. The predicted molar refractivity (Wildman–Crippen MR) is 120 cm³/mol. The molecule has 34 heavy (non-hydrogen) atoms. The van der Waals surface area contributed by atoms with Crippen LogP contribution >= 0.6 is 0 Å². The van der Waals surface area contributed by atoms with Crippen LogP contribution in [0, 0.1) is 5.92 Å². The van der Waals surface area contributed by atoms with Crippen molar-refractivity contribution in [3.63, 3.8) is 0 Å². The molecule has 2 aromatic rings. The molecule has 9 heteroatoms. The Hall–Kier alpha value is -3.49. The summed E-state index contributed by atoms with van der Waals surface area (Å²) in [5.74, 6) is -7.91. The standard InChI is InChI=1S/C25H26F2N2O5/c26-25(27,23(31)32)14-28-22(30)19-11-5-6-12-21(19)29-24(33)34-13-20-17-9-3-1-7-15(17)16-8-2-4-10-18(16)20/h1-4,7-10,19-21H,5-6,11-14H2,(H,28,30)(H,29,33)(H,31,32)/t19-,21+/m1/s1. The Kier molecular flexibility index (Phi) is 6.81. The third kappa shape index (κ3) is 4.88. The first kappa shape index (κ1) is 23.7. The number of alkyl halides is 2. The highest BCUT2D eigenvalue weighted by Gasteiger charge is 2.41. The fourth-order valence-electron chi connectivity index (χ4n) is 4.81. The average Bonchev–Trinajstić information content (AvgIpc) is 3.15. The van der Waals surface area contributed by atoms with Crippen LogP contribution in [0.4, 0.5) is 13.6 Å². The van der Waals surface area contributed by atoms with Crippen LogP contribution in [-0.4, -0.2) is 48.2 Å². The molecule has 0 heterocycles. The summed E-state index contributed by atoms with van der Waals surface area (Å²) in [5, 5.41) is 13.3. The Morgan fingerprint density at radius 2 is 1.56 bits per heavy atom. The monoisotopic (exact) mass is 472 g/mol. The van der Waals surface area contributed by atoms with E-state index < -0.39 is 42.4 Å². The molecular formula is C25H26F2N2O5. The van der Waals surface area contributed by atoms with Crippen molar-refractivity contribution in [1.29, 1.82) is 0 Å². The van der Waals surface area contributed by atoms with Gasteiger partial charge in [0.2, 0.25) is 5.91 Å². The number of carbonyl (C=O) groups is 3. The van der Waals surface area contributed by atoms with Crippen LogP contribution in [0.1, 0.15) is 42.7 Å². The maximum absolute atomic E-state index is 13.3. The first-order valence-corrected chi connectivity index (χ1v) is 11.3. The van der Waals surface area contributed by atoms with Crippen molar-refractivity contribution >= 4 is 18.0 Å². The molecule has 0 aromatic heterocycles. The first-order valence-electron chi connectivity index (χ1n) is 11.3. The van der Waals surface area contributed by atoms with Gasteiger partial charge in [-0.15, -0.1) is 0 Å². The second-order valence-corrected chi connectivity index (χ2v) is 8.69. The number of ether oxygens (including phenoxy) is 1. The molecule has 2 amide bonds. The van der Waals surface area contributed by atoms with Crippen molar-refractivity contribution in [2.24, 2.45) is 5.92 Å². The number of carbonyl (C=O) groups excluding carboxylic acids is 2. The summed E-state index contributed by atoms with van der Waals surface area (Å²) in [4.78, 5) is 35.7. The quantitative estimate of drug-likeness (QED) is 0.567. The van der Waals surface area contributed by atoms with Crippen LogP contribution in [0.3, 0.4) is 0 Å². The fourth-order valence-corrected chi connectivity index (χ4v) is 4.81. The molecule has 2 atom stereocenters. The summed E-state index contributed by atoms with van der Waals surface area (Å²) in [6, 6.07) is 15.3. The van der Waals surface area contributed by atoms with Crippen LogP contribution in [0.5, 0.6) is 0 Å². The van der Waals surface area contributed by atoms with Crippen molar-refractivity contribution in [3.8, 4) is 11.1 Å². The number of alkyl carbamates (subject to hydrolysis) is 1. The minimum atomic E-state index is -4.06. The highest BCUT2D eigenvalue weighted by atomic mass is 19.3. The maximum Gasteiger partial charge on any atom is 0.407 e. The molecule has 0 bridgehead atoms. The van der Waals surface area contributed by atoms with Gasteiger partial charge in [-0.05, 0) is 35.1 Å². The lowest BCUT2D eigenvalue weighted by Crippen LogP contribution is -2.51. The average molecular weight is 472 g/mol. The number of hydrogen-bond acceptors (Lipinski definition) is 4. The Balaban J connectivity index is 1.37. The molecule has 0 aliphatic heterocycles. The smallest absolute Gasteiger partial charge is 0.407 e. The van der Waals surface area contributed by atoms with E-state index in [-0.39, 0.29) is 12.5 Å². The second-order valence-electron chi connectivity index (χ2n) is 8.69. The number of nitrogens with one attached hydrogen (secondary N) is 2. The van der Waals surface area contributed by atoms with Crippen molar-refractivity contribution in [3.05, 3.63) is 59.7 Å². The number of fused-ring (bicyclic) bond motifs is 3. The highest BCUT2D eigenvalue weighted by molar-refractivity contribution is 5.82. The predicted octanol–water partition coefficient (Wildman–Crippen LogP) is 3.92. The lowest BCUT2D eigenvalue weighted by atomic mass is 9.84. The van der Waals surface area contributed by atoms with E-state index in [2.05, 4.69) is 5.32 Å². The molecule has 0 radical (unpaired) electrons. The van der Waals surface area contributed by atoms with E-state index in [1.54, 1.807) is 0 Å². The molecule has 7 nitrogen and oxygen atoms in total. The number of rotatable bonds is 7. The fraction of sp³-hybridized carbons (Fsp3) is 0.400. The Bertz CT molecular complexity index is 1040. The van der Waals surface area contributed by atoms with Crippen molar-refractivity contribution in [2.45, 2.75) is 43.6 Å². The van der Waals surface area contributed by atoms with Crippen LogP contribution in [-0.2, 0) is 14.3 Å². The van der Waals surface area contributed by atoms with Crippen molar-refractivity contribution < 1.29 is 33.0 Å². The van der Waals surface area contributed by atoms with Crippen molar-refractivity contribution in [1.82, 2.24) is 10.6 Å². The van der Waals surface area contributed by atoms with Gasteiger partial charge in [0.1, 0.15) is 6.61 Å². The number of halogens is 2. The molecule has 0 unspecified atom stereocenters. The number of aliphatic carboxylic acids is 1. The van der Waals surface area contributed by atoms with Crippen molar-refractivity contribution in [2.75, 3.05) is 13.2 Å². The van der Waals surface area contributed by atoms with Gasteiger partial charge < -0.3 is 20.5 Å². The zero-order valence-corrected chi connectivity index (χ0v) is 18.4. The maximum atomic E-state index is 13.3. The van der Waals surface area contributed by atoms with E-state index in [0.29, 0.717) is 19.3 Å². The van der Waals surface area contributed by atoms with E-state index in [9.17, 15) is 23.2 Å². The Morgan fingerprint density at radius 3 is 2.18 bits per heavy atom. The van der Waals surface area contributed by atoms with Crippen LogP contribution in [0.2, 0.25) is 0 Å². The number of amides is 2. The number of hydrogen-bond donors (Lipinski definition) is 3. The van der Waals surface area contributed by atoms with Gasteiger partial charge >= 0.3 is 18.0 Å². The van der Waals surface area contributed by atoms with E-state index in [1.807, 2.05) is 53.8 Å². The van der Waals surface area contributed by atoms with E-state index in [0.717, 1.165) is 28.7 Å². The number of carboxylic acids is 1. The molecule has 2 aromatic carbocycles. The normalized spacial score (nSPS) is 19.6. The second kappa shape index (κ2) is 9.79. The summed E-state index contributed by atoms with van der Waals surface area (Å²) in [5.41, 5.74) is 4.36. The van der Waals surface area contributed by atoms with Gasteiger partial charge in [0, 0.05) is 12.0 Å². The van der Waals surface area contributed by atoms with Gasteiger partial charge in [-0.2, -0.15) is 8.78 Å². The molecule has 3 N–H and O–H groups in total. The van der Waals surface area contributed by atoms with Gasteiger partial charge in [-0.3, -0.25) is 4.79 Å². The number of carboxylic acid groups (broad SMARTS) is 1. The van der Waals surface area contributed by atoms with Gasteiger partial charge in [0.05, 0.1) is 12.5 Å². The summed E-state index contributed by atoms with van der Waals surface area (Å²) in [7, 11) is 0. The topological polar surface area (TPSA) is 105 Å². The molecule has 1 saturated carbocycles. The largest absolute Gasteiger partial charge is 0.477 e. The molecule has 1 fully saturated rings. The van der Waals surface area contributed by atoms with E-state index in [4.69, 9.17) is 9.84 Å². The third-order valence-corrected chi connectivity index (χ3v) is 6.55. The van der Waals surface area contributed by atoms with Crippen LogP contribution < -0.4 is 10.6 Å². The third-order valence-electron chi connectivity index (χ3n) is 6.55. The Labute approximate surface area is 195 Å². The van der Waals surface area contributed by atoms with Gasteiger partial charge in [-0.1, -0.05) is 61.4 Å². The summed E-state index contributed by atoms with van der Waals surface area (Å²) < 4.78 is 32.2. The van der Waals surface area contributed by atoms with E-state index >= 15 is 0 Å². The van der Waals surface area contributed by atoms with Crippen LogP contribution in [0.15, 0.2) is 48.5 Å². The Morgan fingerprint density at radius 1 is 0.971 bits per heavy atom. The minimum absolute atomic E-state index is 0.109. The minimum Gasteiger partial charge on any atom is -0.477 e. The SMILES string of the molecule is O=C(N[C@H]1CCCC[C@H]1C(=O)NCC(F)(F)C(=O)O)OCC1c2ccccc2-c2ccccc21.